The molecule has 1 atom stereocenters. The highest BCUT2D eigenvalue weighted by Gasteiger charge is 2.19. The van der Waals surface area contributed by atoms with Gasteiger partial charge in [0.1, 0.15) is 13.2 Å². The molecule has 0 aliphatic carbocycles. The lowest BCUT2D eigenvalue weighted by molar-refractivity contribution is -0.167. The topological polar surface area (TPSA) is 78.9 Å². The van der Waals surface area contributed by atoms with E-state index in [2.05, 4.69) is 118 Å². The van der Waals surface area contributed by atoms with Gasteiger partial charge in [0.15, 0.2) is 6.10 Å². The molecule has 0 heterocycles. The fraction of sp³-hybridized carbons (Fsp3) is 0.753. The maximum atomic E-state index is 13.0. The zero-order valence-corrected chi connectivity index (χ0v) is 54.9. The third kappa shape index (κ3) is 69.0. The summed E-state index contributed by atoms with van der Waals surface area (Å²) < 4.78 is 17.0. The molecule has 0 fully saturated rings. The van der Waals surface area contributed by atoms with Gasteiger partial charge in [0.05, 0.1) is 0 Å². The molecular weight excluding hydrogens is 1020 g/mol. The Kier molecular flexibility index (Phi) is 67.7. The highest BCUT2D eigenvalue weighted by Crippen LogP contribution is 2.18. The largest absolute Gasteiger partial charge is 0.462 e. The molecule has 0 rings (SSSR count). The second-order valence-corrected chi connectivity index (χ2v) is 23.8. The molecule has 0 aromatic carbocycles. The van der Waals surface area contributed by atoms with E-state index in [1.54, 1.807) is 0 Å². The summed E-state index contributed by atoms with van der Waals surface area (Å²) in [5.41, 5.74) is 0. The van der Waals surface area contributed by atoms with Crippen molar-refractivity contribution in [2.45, 2.75) is 361 Å². The van der Waals surface area contributed by atoms with Gasteiger partial charge < -0.3 is 14.2 Å². The average Bonchev–Trinajstić information content (AvgIpc) is 3.49. The molecule has 0 saturated heterocycles. The molecule has 0 aromatic rings. The summed E-state index contributed by atoms with van der Waals surface area (Å²) in [6.07, 6.45) is 95.8. The van der Waals surface area contributed by atoms with Gasteiger partial charge >= 0.3 is 17.9 Å². The summed E-state index contributed by atoms with van der Waals surface area (Å²) in [5.74, 6) is -0.875. The van der Waals surface area contributed by atoms with E-state index in [-0.39, 0.29) is 31.1 Å². The standard InChI is InChI=1S/C77H134O6/c1-4-7-10-13-16-19-22-25-27-29-31-33-34-35-36-37-38-39-40-41-42-44-45-47-49-52-55-58-61-64-67-70-76(79)82-73-74(72-81-75(78)69-66-63-60-57-54-51-24-21-18-15-12-9-6-3)83-77(80)71-68-65-62-59-56-53-50-48-46-43-32-30-28-26-23-20-17-14-11-8-5-2/h7,10,16,19,21,24-25,27,31,33,35-36,38-39,41-42,74H,4-6,8-9,11-15,17-18,20,22-23,26,28-30,32,34,37,40,43-73H2,1-3H3/b10-7-,19-16-,24-21-,27-25-,33-31-,36-35-,39-38-,42-41-. The molecule has 0 aliphatic heterocycles. The molecule has 0 saturated carbocycles. The molecule has 6 nitrogen and oxygen atoms in total. The van der Waals surface area contributed by atoms with Crippen LogP contribution in [0.15, 0.2) is 97.2 Å². The number of hydrogen-bond acceptors (Lipinski definition) is 6. The van der Waals surface area contributed by atoms with Gasteiger partial charge in [-0.1, -0.05) is 330 Å². The maximum absolute atomic E-state index is 13.0. The third-order valence-corrected chi connectivity index (χ3v) is 15.6. The first-order valence-corrected chi connectivity index (χ1v) is 35.7. The van der Waals surface area contributed by atoms with Crippen LogP contribution in [0.25, 0.3) is 0 Å². The second kappa shape index (κ2) is 70.8. The Balaban J connectivity index is 4.27. The predicted octanol–water partition coefficient (Wildman–Crippen LogP) is 24.8. The lowest BCUT2D eigenvalue weighted by Crippen LogP contribution is -2.30. The fourth-order valence-electron chi connectivity index (χ4n) is 10.2. The van der Waals surface area contributed by atoms with Crippen LogP contribution in [0.3, 0.4) is 0 Å². The van der Waals surface area contributed by atoms with Crippen LogP contribution in [-0.4, -0.2) is 37.2 Å². The maximum Gasteiger partial charge on any atom is 0.306 e. The Labute approximate surface area is 515 Å². The fourth-order valence-corrected chi connectivity index (χ4v) is 10.2. The normalized spacial score (nSPS) is 12.7. The molecule has 83 heavy (non-hydrogen) atoms. The van der Waals surface area contributed by atoms with Crippen molar-refractivity contribution >= 4 is 17.9 Å². The lowest BCUT2D eigenvalue weighted by atomic mass is 10.0. The van der Waals surface area contributed by atoms with Crippen molar-refractivity contribution in [3.8, 4) is 0 Å². The molecule has 0 bridgehead atoms. The van der Waals surface area contributed by atoms with Crippen LogP contribution in [-0.2, 0) is 28.6 Å². The van der Waals surface area contributed by atoms with Crippen LogP contribution >= 0.6 is 0 Å². The molecule has 0 spiro atoms. The van der Waals surface area contributed by atoms with Crippen LogP contribution in [0.1, 0.15) is 355 Å². The Morgan fingerprint density at radius 1 is 0.253 bits per heavy atom. The monoisotopic (exact) mass is 1160 g/mol. The van der Waals surface area contributed by atoms with Gasteiger partial charge in [0.2, 0.25) is 0 Å². The van der Waals surface area contributed by atoms with E-state index in [0.29, 0.717) is 19.3 Å². The molecule has 478 valence electrons. The minimum absolute atomic E-state index is 0.0797. The molecule has 1 unspecified atom stereocenters. The van der Waals surface area contributed by atoms with Crippen molar-refractivity contribution in [1.29, 1.82) is 0 Å². The Morgan fingerprint density at radius 2 is 0.470 bits per heavy atom. The second-order valence-electron chi connectivity index (χ2n) is 23.8. The number of esters is 3. The Bertz CT molecular complexity index is 1610. The summed E-state index contributed by atoms with van der Waals surface area (Å²) in [4.78, 5) is 38.4. The van der Waals surface area contributed by atoms with E-state index < -0.39 is 6.10 Å². The van der Waals surface area contributed by atoms with Crippen molar-refractivity contribution < 1.29 is 28.6 Å². The van der Waals surface area contributed by atoms with E-state index in [1.807, 2.05) is 0 Å². The van der Waals surface area contributed by atoms with Crippen LogP contribution in [0, 0.1) is 0 Å². The molecule has 6 heteroatoms. The van der Waals surface area contributed by atoms with Crippen molar-refractivity contribution in [3.05, 3.63) is 97.2 Å². The summed E-state index contributed by atoms with van der Waals surface area (Å²) in [7, 11) is 0. The minimum atomic E-state index is -0.783. The number of hydrogen-bond donors (Lipinski definition) is 0. The highest BCUT2D eigenvalue weighted by molar-refractivity contribution is 5.71. The van der Waals surface area contributed by atoms with Crippen molar-refractivity contribution in [3.63, 3.8) is 0 Å². The number of ether oxygens (including phenoxy) is 3. The van der Waals surface area contributed by atoms with E-state index in [1.165, 1.54) is 199 Å². The molecule has 0 N–H and O–H groups in total. The molecule has 0 aromatic heterocycles. The van der Waals surface area contributed by atoms with Gasteiger partial charge in [0.25, 0.3) is 0 Å². The zero-order valence-electron chi connectivity index (χ0n) is 54.9. The van der Waals surface area contributed by atoms with Crippen molar-refractivity contribution in [2.24, 2.45) is 0 Å². The lowest BCUT2D eigenvalue weighted by Gasteiger charge is -2.18. The van der Waals surface area contributed by atoms with Crippen LogP contribution in [0.4, 0.5) is 0 Å². The molecule has 0 amide bonds. The van der Waals surface area contributed by atoms with E-state index in [9.17, 15) is 14.4 Å². The average molecular weight is 1160 g/mol. The molecule has 0 radical (unpaired) electrons. The van der Waals surface area contributed by atoms with Gasteiger partial charge in [-0.15, -0.1) is 0 Å². The van der Waals surface area contributed by atoms with Gasteiger partial charge in [-0.3, -0.25) is 14.4 Å². The quantitative estimate of drug-likeness (QED) is 0.0261. The van der Waals surface area contributed by atoms with Crippen LogP contribution < -0.4 is 0 Å². The first kappa shape index (κ1) is 79.3. The number of unbranched alkanes of at least 4 members (excludes halogenated alkanes) is 38. The molecular formula is C77H134O6. The minimum Gasteiger partial charge on any atom is -0.462 e. The van der Waals surface area contributed by atoms with Gasteiger partial charge in [-0.05, 0) is 103 Å². The Morgan fingerprint density at radius 3 is 0.759 bits per heavy atom. The Hall–Kier alpha value is -3.67. The first-order valence-electron chi connectivity index (χ1n) is 35.7. The van der Waals surface area contributed by atoms with Crippen LogP contribution in [0.5, 0.6) is 0 Å². The SMILES string of the molecule is CC/C=C\C/C=C\C/C=C\C/C=C\C/C=C\C/C=C\C/C=C\CCCCCCCCCCCC(=O)OCC(COC(=O)CCCCCCC/C=C\CCCCCC)OC(=O)CCCCCCCCCCCCCCCCCCCCCCC. The summed E-state index contributed by atoms with van der Waals surface area (Å²) in [6.45, 7) is 6.55. The number of carbonyl (C=O) groups excluding carboxylic acids is 3. The van der Waals surface area contributed by atoms with E-state index in [0.717, 1.165) is 116 Å². The first-order chi connectivity index (χ1) is 41.0. The number of allylic oxidation sites excluding steroid dienone is 16. The van der Waals surface area contributed by atoms with Crippen LogP contribution in [0.2, 0.25) is 0 Å². The zero-order chi connectivity index (χ0) is 59.9. The summed E-state index contributed by atoms with van der Waals surface area (Å²) in [5, 5.41) is 0. The van der Waals surface area contributed by atoms with E-state index >= 15 is 0 Å². The smallest absolute Gasteiger partial charge is 0.306 e. The van der Waals surface area contributed by atoms with E-state index in [4.69, 9.17) is 14.2 Å². The van der Waals surface area contributed by atoms with Crippen molar-refractivity contribution in [2.75, 3.05) is 13.2 Å². The van der Waals surface area contributed by atoms with Crippen molar-refractivity contribution in [1.82, 2.24) is 0 Å². The summed E-state index contributed by atoms with van der Waals surface area (Å²) >= 11 is 0. The predicted molar refractivity (Wildman–Crippen MR) is 362 cm³/mol. The summed E-state index contributed by atoms with van der Waals surface area (Å²) in [6, 6.07) is 0. The molecule has 0 aliphatic rings. The van der Waals surface area contributed by atoms with Gasteiger partial charge in [0, 0.05) is 19.3 Å². The van der Waals surface area contributed by atoms with Gasteiger partial charge in [-0.25, -0.2) is 0 Å². The van der Waals surface area contributed by atoms with Gasteiger partial charge in [-0.2, -0.15) is 0 Å². The third-order valence-electron chi connectivity index (χ3n) is 15.6. The number of rotatable bonds is 65. The number of carbonyl (C=O) groups is 3. The highest BCUT2D eigenvalue weighted by atomic mass is 16.6.